The predicted octanol–water partition coefficient (Wildman–Crippen LogP) is 9.90. The van der Waals surface area contributed by atoms with Crippen molar-refractivity contribution in [3.05, 3.63) is 0 Å². The minimum absolute atomic E-state index is 1.08. The minimum atomic E-state index is -1.95. The van der Waals surface area contributed by atoms with E-state index < -0.39 is 50.4 Å². The maximum absolute atomic E-state index is 6.53. The zero-order valence-electron chi connectivity index (χ0n) is 26.3. The van der Waals surface area contributed by atoms with E-state index >= 15 is 0 Å². The largest absolute Gasteiger partial charge is 0.437 e. The molecule has 0 atom stereocenters. The van der Waals surface area contributed by atoms with E-state index in [-0.39, 0.29) is 0 Å². The van der Waals surface area contributed by atoms with Gasteiger partial charge in [-0.15, -0.1) is 0 Å². The summed E-state index contributed by atoms with van der Waals surface area (Å²) < 4.78 is 25.8. The standard InChI is InChI=1S/C14H36O2Si3.C10H28O2Si3/c1-9-11-13-17(3,4)15-19(7,8)16-18(5,6)14-12-10-2;1-9-15(10-2,11-13(3,4)5)12-14(6,7)8/h9-14H2,1-8H3;9-10H2,1-8H3. The van der Waals surface area contributed by atoms with E-state index in [4.69, 9.17) is 16.5 Å². The minimum Gasteiger partial charge on any atom is -0.437 e. The number of rotatable bonds is 16. The average Bonchev–Trinajstić information content (AvgIpc) is 2.60. The molecule has 0 bridgehead atoms. The van der Waals surface area contributed by atoms with Gasteiger partial charge in [-0.3, -0.25) is 0 Å². The summed E-state index contributed by atoms with van der Waals surface area (Å²) in [5.41, 5.74) is 0. The van der Waals surface area contributed by atoms with Crippen LogP contribution in [0.4, 0.5) is 0 Å². The molecule has 0 aliphatic carbocycles. The van der Waals surface area contributed by atoms with Gasteiger partial charge in [0, 0.05) is 0 Å². The lowest BCUT2D eigenvalue weighted by Crippen LogP contribution is -2.53. The summed E-state index contributed by atoms with van der Waals surface area (Å²) in [6, 6.07) is 4.69. The van der Waals surface area contributed by atoms with Crippen molar-refractivity contribution in [2.75, 3.05) is 0 Å². The molecule has 34 heavy (non-hydrogen) atoms. The summed E-state index contributed by atoms with van der Waals surface area (Å²) in [5, 5.41) is 0. The molecule has 0 amide bonds. The molecule has 4 nitrogen and oxygen atoms in total. The molecule has 0 radical (unpaired) electrons. The van der Waals surface area contributed by atoms with Crippen LogP contribution in [0.5, 0.6) is 0 Å². The van der Waals surface area contributed by atoms with Gasteiger partial charge in [0.1, 0.15) is 0 Å². The molecule has 0 rings (SSSR count). The first-order chi connectivity index (χ1) is 15.1. The summed E-state index contributed by atoms with van der Waals surface area (Å²) in [4.78, 5) is 0. The van der Waals surface area contributed by atoms with E-state index in [0.29, 0.717) is 0 Å². The maximum Gasteiger partial charge on any atom is 0.317 e. The summed E-state index contributed by atoms with van der Waals surface area (Å²) in [6.45, 7) is 36.4. The van der Waals surface area contributed by atoms with Crippen LogP contribution in [0.1, 0.15) is 53.4 Å². The Kier molecular flexibility index (Phi) is 17.0. The third-order valence-electron chi connectivity index (χ3n) is 5.37. The molecule has 0 fully saturated rings. The van der Waals surface area contributed by atoms with Crippen molar-refractivity contribution in [3.8, 4) is 0 Å². The van der Waals surface area contributed by atoms with Crippen LogP contribution < -0.4 is 0 Å². The van der Waals surface area contributed by atoms with E-state index in [1.807, 2.05) is 0 Å². The van der Waals surface area contributed by atoms with Crippen molar-refractivity contribution in [1.82, 2.24) is 0 Å². The fourth-order valence-electron chi connectivity index (χ4n) is 4.33. The topological polar surface area (TPSA) is 36.9 Å². The Bertz CT molecular complexity index is 497. The van der Waals surface area contributed by atoms with Crippen LogP contribution >= 0.6 is 0 Å². The Hall–Kier alpha value is 1.14. The highest BCUT2D eigenvalue weighted by molar-refractivity contribution is 6.88. The quantitative estimate of drug-likeness (QED) is 0.169. The maximum atomic E-state index is 6.53. The Morgan fingerprint density at radius 3 is 0.941 bits per heavy atom. The normalized spacial score (nSPS) is 14.1. The van der Waals surface area contributed by atoms with Crippen molar-refractivity contribution in [2.24, 2.45) is 0 Å². The van der Waals surface area contributed by atoms with Crippen LogP contribution in [0.15, 0.2) is 0 Å². The zero-order valence-corrected chi connectivity index (χ0v) is 32.3. The second-order valence-electron chi connectivity index (χ2n) is 13.4. The van der Waals surface area contributed by atoms with E-state index in [0.717, 1.165) is 12.1 Å². The lowest BCUT2D eigenvalue weighted by Gasteiger charge is -2.39. The van der Waals surface area contributed by atoms with Crippen molar-refractivity contribution in [1.29, 1.82) is 0 Å². The van der Waals surface area contributed by atoms with Gasteiger partial charge >= 0.3 is 17.1 Å². The number of hydrogen-bond acceptors (Lipinski definition) is 4. The molecule has 0 saturated carbocycles. The molecule has 0 aromatic carbocycles. The monoisotopic (exact) mass is 584 g/mol. The smallest absolute Gasteiger partial charge is 0.317 e. The van der Waals surface area contributed by atoms with Gasteiger partial charge in [0.15, 0.2) is 33.3 Å². The summed E-state index contributed by atoms with van der Waals surface area (Å²) in [5.74, 6) is 0. The number of hydrogen-bond donors (Lipinski definition) is 0. The molecular formula is C24H64O4Si6. The Labute approximate surface area is 222 Å². The van der Waals surface area contributed by atoms with Gasteiger partial charge in [-0.2, -0.15) is 0 Å². The van der Waals surface area contributed by atoms with E-state index in [2.05, 4.69) is 106 Å². The first-order valence-corrected chi connectivity index (χ1v) is 32.0. The third kappa shape index (κ3) is 20.2. The first-order valence-electron chi connectivity index (χ1n) is 13.9. The van der Waals surface area contributed by atoms with Crippen LogP contribution in [-0.4, -0.2) is 50.4 Å². The Morgan fingerprint density at radius 1 is 0.441 bits per heavy atom. The fourth-order valence-corrected chi connectivity index (χ4v) is 31.0. The first kappa shape index (κ1) is 37.3. The summed E-state index contributed by atoms with van der Waals surface area (Å²) in [6.07, 6.45) is 5.11. The van der Waals surface area contributed by atoms with Crippen molar-refractivity contribution < 1.29 is 16.5 Å². The van der Waals surface area contributed by atoms with E-state index in [1.54, 1.807) is 0 Å². The predicted molar refractivity (Wildman–Crippen MR) is 170 cm³/mol. The molecule has 0 saturated heterocycles. The fraction of sp³-hybridized carbons (Fsp3) is 1.00. The number of unbranched alkanes of at least 4 members (excludes halogenated alkanes) is 2. The van der Waals surface area contributed by atoms with Crippen molar-refractivity contribution in [2.45, 2.75) is 156 Å². The molecule has 0 unspecified atom stereocenters. The second-order valence-corrected chi connectivity index (χ2v) is 39.2. The van der Waals surface area contributed by atoms with Crippen molar-refractivity contribution >= 4 is 50.4 Å². The molecule has 0 N–H and O–H groups in total. The third-order valence-corrected chi connectivity index (χ3v) is 26.9. The second kappa shape index (κ2) is 15.5. The molecule has 0 spiro atoms. The van der Waals surface area contributed by atoms with E-state index in [9.17, 15) is 0 Å². The molecule has 0 aromatic heterocycles. The SMILES string of the molecule is CCCC[Si](C)(C)O[Si](C)(C)O[Si](C)(C)CCCC.CC[Si](CC)(O[Si](C)(C)C)O[Si](C)(C)C. The molecule has 0 aliphatic rings. The summed E-state index contributed by atoms with van der Waals surface area (Å²) in [7, 11) is -9.86. The Balaban J connectivity index is 0. The van der Waals surface area contributed by atoms with Crippen LogP contribution in [0, 0.1) is 0 Å². The van der Waals surface area contributed by atoms with Gasteiger partial charge in [0.05, 0.1) is 0 Å². The highest BCUT2D eigenvalue weighted by atomic mass is 28.5. The van der Waals surface area contributed by atoms with Crippen LogP contribution in [0.25, 0.3) is 0 Å². The molecule has 208 valence electrons. The van der Waals surface area contributed by atoms with Crippen LogP contribution in [0.3, 0.4) is 0 Å². The Morgan fingerprint density at radius 2 is 0.735 bits per heavy atom. The van der Waals surface area contributed by atoms with Gasteiger partial charge in [-0.25, -0.2) is 0 Å². The van der Waals surface area contributed by atoms with Gasteiger partial charge in [-0.05, 0) is 103 Å². The summed E-state index contributed by atoms with van der Waals surface area (Å²) >= 11 is 0. The molecule has 0 aliphatic heterocycles. The van der Waals surface area contributed by atoms with Gasteiger partial charge in [0.25, 0.3) is 0 Å². The molecule has 0 heterocycles. The lowest BCUT2D eigenvalue weighted by atomic mass is 10.4. The van der Waals surface area contributed by atoms with Gasteiger partial charge < -0.3 is 16.5 Å². The van der Waals surface area contributed by atoms with Crippen molar-refractivity contribution in [3.63, 3.8) is 0 Å². The van der Waals surface area contributed by atoms with Crippen LogP contribution in [-0.2, 0) is 16.5 Å². The molecular weight excluding hydrogens is 521 g/mol. The molecule has 0 aromatic rings. The zero-order chi connectivity index (χ0) is 27.5. The van der Waals surface area contributed by atoms with Gasteiger partial charge in [-0.1, -0.05) is 53.4 Å². The molecule has 10 heteroatoms. The van der Waals surface area contributed by atoms with Gasteiger partial charge in [0.2, 0.25) is 0 Å². The lowest BCUT2D eigenvalue weighted by molar-refractivity contribution is 0.376. The average molecular weight is 585 g/mol. The van der Waals surface area contributed by atoms with E-state index in [1.165, 1.54) is 37.8 Å². The van der Waals surface area contributed by atoms with Crippen LogP contribution in [0.2, 0.25) is 103 Å². The highest BCUT2D eigenvalue weighted by Gasteiger charge is 2.41. The highest BCUT2D eigenvalue weighted by Crippen LogP contribution is 2.28.